The molecule has 0 radical (unpaired) electrons. The van der Waals surface area contributed by atoms with E-state index in [-0.39, 0.29) is 5.56 Å². The number of nitrogens with zero attached hydrogens (tertiary/aromatic N) is 3. The van der Waals surface area contributed by atoms with Gasteiger partial charge in [-0.15, -0.1) is 0 Å². The van der Waals surface area contributed by atoms with Crippen LogP contribution in [0.2, 0.25) is 0 Å². The van der Waals surface area contributed by atoms with Gasteiger partial charge in [0, 0.05) is 11.1 Å². The summed E-state index contributed by atoms with van der Waals surface area (Å²) in [5, 5.41) is 14.0. The molecule has 7 heteroatoms. The van der Waals surface area contributed by atoms with Crippen molar-refractivity contribution in [3.8, 4) is 22.5 Å². The van der Waals surface area contributed by atoms with Gasteiger partial charge in [0.05, 0.1) is 23.8 Å². The zero-order chi connectivity index (χ0) is 14.1. The molecule has 4 nitrogen and oxygen atoms in total. The van der Waals surface area contributed by atoms with Crippen LogP contribution in [0.15, 0.2) is 36.7 Å². The molecule has 0 aliphatic rings. The van der Waals surface area contributed by atoms with Crippen molar-refractivity contribution in [3.05, 3.63) is 54.1 Å². The Hall–Kier alpha value is -2.70. The standard InChI is InChI=1S/C13H7F3N4/c14-9-3-8(4-10(15)13(9)16)12-5-11(19-20-12)7-1-2-17-18-6-7/h1-6H,(H,19,20). The molecular weight excluding hydrogens is 269 g/mol. The van der Waals surface area contributed by atoms with Crippen molar-refractivity contribution in [1.82, 2.24) is 20.4 Å². The van der Waals surface area contributed by atoms with Crippen molar-refractivity contribution >= 4 is 0 Å². The van der Waals surface area contributed by atoms with E-state index < -0.39 is 17.5 Å². The summed E-state index contributed by atoms with van der Waals surface area (Å²) in [5.74, 6) is -4.01. The number of aromatic amines is 1. The molecule has 0 amide bonds. The molecule has 2 heterocycles. The molecule has 2 aromatic heterocycles. The van der Waals surface area contributed by atoms with Gasteiger partial charge < -0.3 is 0 Å². The highest BCUT2D eigenvalue weighted by Crippen LogP contribution is 2.25. The molecule has 0 aliphatic carbocycles. The number of benzene rings is 1. The normalized spacial score (nSPS) is 10.8. The Morgan fingerprint density at radius 1 is 0.900 bits per heavy atom. The second-order valence-electron chi connectivity index (χ2n) is 4.05. The Morgan fingerprint density at radius 3 is 2.30 bits per heavy atom. The first-order valence-electron chi connectivity index (χ1n) is 5.62. The molecular formula is C13H7F3N4. The number of H-pyrrole nitrogens is 1. The fraction of sp³-hybridized carbons (Fsp3) is 0. The van der Waals surface area contributed by atoms with Gasteiger partial charge in [-0.3, -0.25) is 5.10 Å². The molecule has 0 spiro atoms. The summed E-state index contributed by atoms with van der Waals surface area (Å²) in [5.41, 5.74) is 1.78. The van der Waals surface area contributed by atoms with Crippen LogP contribution in [0.25, 0.3) is 22.5 Å². The van der Waals surface area contributed by atoms with E-state index >= 15 is 0 Å². The second kappa shape index (κ2) is 4.76. The minimum atomic E-state index is -1.50. The van der Waals surface area contributed by atoms with Crippen molar-refractivity contribution in [2.45, 2.75) is 0 Å². The van der Waals surface area contributed by atoms with E-state index in [1.165, 1.54) is 12.4 Å². The monoisotopic (exact) mass is 276 g/mol. The lowest BCUT2D eigenvalue weighted by Gasteiger charge is -1.99. The average molecular weight is 276 g/mol. The number of nitrogens with one attached hydrogen (secondary N) is 1. The fourth-order valence-corrected chi connectivity index (χ4v) is 1.77. The Kier molecular flexibility index (Phi) is 2.94. The van der Waals surface area contributed by atoms with E-state index in [9.17, 15) is 13.2 Å². The zero-order valence-corrected chi connectivity index (χ0v) is 9.94. The van der Waals surface area contributed by atoms with Crippen LogP contribution < -0.4 is 0 Å². The van der Waals surface area contributed by atoms with Gasteiger partial charge in [0.2, 0.25) is 0 Å². The molecule has 20 heavy (non-hydrogen) atoms. The molecule has 100 valence electrons. The minimum Gasteiger partial charge on any atom is -0.277 e. The highest BCUT2D eigenvalue weighted by molar-refractivity contribution is 5.67. The third kappa shape index (κ3) is 2.13. The molecule has 0 bridgehead atoms. The van der Waals surface area contributed by atoms with Gasteiger partial charge in [-0.1, -0.05) is 0 Å². The highest BCUT2D eigenvalue weighted by Gasteiger charge is 2.13. The number of halogens is 3. The van der Waals surface area contributed by atoms with Gasteiger partial charge in [0.15, 0.2) is 17.5 Å². The highest BCUT2D eigenvalue weighted by atomic mass is 19.2. The van der Waals surface area contributed by atoms with E-state index in [0.29, 0.717) is 11.4 Å². The quantitative estimate of drug-likeness (QED) is 0.732. The van der Waals surface area contributed by atoms with Gasteiger partial charge in [0.1, 0.15) is 0 Å². The molecule has 1 aromatic carbocycles. The molecule has 0 atom stereocenters. The van der Waals surface area contributed by atoms with Crippen LogP contribution in [0.1, 0.15) is 0 Å². The van der Waals surface area contributed by atoms with E-state index in [4.69, 9.17) is 0 Å². The summed E-state index contributed by atoms with van der Waals surface area (Å²) < 4.78 is 39.3. The third-order valence-electron chi connectivity index (χ3n) is 2.75. The molecule has 1 N–H and O–H groups in total. The molecule has 3 rings (SSSR count). The first-order chi connectivity index (χ1) is 9.65. The largest absolute Gasteiger partial charge is 0.277 e. The summed E-state index contributed by atoms with van der Waals surface area (Å²) in [7, 11) is 0. The first-order valence-corrected chi connectivity index (χ1v) is 5.62. The lowest BCUT2D eigenvalue weighted by Crippen LogP contribution is -1.91. The second-order valence-corrected chi connectivity index (χ2v) is 4.05. The maximum atomic E-state index is 13.2. The number of aromatic nitrogens is 4. The van der Waals surface area contributed by atoms with Crippen molar-refractivity contribution in [2.75, 3.05) is 0 Å². The summed E-state index contributed by atoms with van der Waals surface area (Å²) in [4.78, 5) is 0. The van der Waals surface area contributed by atoms with Crippen molar-refractivity contribution in [2.24, 2.45) is 0 Å². The predicted molar refractivity (Wildman–Crippen MR) is 64.9 cm³/mol. The Bertz CT molecular complexity index is 732. The summed E-state index contributed by atoms with van der Waals surface area (Å²) in [6, 6.07) is 5.07. The zero-order valence-electron chi connectivity index (χ0n) is 9.94. The lowest BCUT2D eigenvalue weighted by molar-refractivity contribution is 0.447. The Balaban J connectivity index is 2.03. The predicted octanol–water partition coefficient (Wildman–Crippen LogP) is 2.95. The fourth-order valence-electron chi connectivity index (χ4n) is 1.77. The minimum absolute atomic E-state index is 0.144. The van der Waals surface area contributed by atoms with Gasteiger partial charge in [-0.25, -0.2) is 13.2 Å². The van der Waals surface area contributed by atoms with Crippen LogP contribution in [0.5, 0.6) is 0 Å². The Labute approximate surface area is 111 Å². The van der Waals surface area contributed by atoms with Crippen LogP contribution in [-0.2, 0) is 0 Å². The van der Waals surface area contributed by atoms with E-state index in [1.54, 1.807) is 12.1 Å². The van der Waals surface area contributed by atoms with Crippen LogP contribution >= 0.6 is 0 Å². The molecule has 0 aliphatic heterocycles. The SMILES string of the molecule is Fc1cc(-c2cc(-c3ccnnc3)[nH]n2)cc(F)c1F. The molecule has 0 fully saturated rings. The Morgan fingerprint density at radius 2 is 1.65 bits per heavy atom. The maximum Gasteiger partial charge on any atom is 0.194 e. The smallest absolute Gasteiger partial charge is 0.194 e. The summed E-state index contributed by atoms with van der Waals surface area (Å²) in [6.07, 6.45) is 3.02. The van der Waals surface area contributed by atoms with Gasteiger partial charge >= 0.3 is 0 Å². The van der Waals surface area contributed by atoms with Gasteiger partial charge in [-0.05, 0) is 24.3 Å². The molecule has 0 saturated carbocycles. The van der Waals surface area contributed by atoms with E-state index in [0.717, 1.165) is 17.7 Å². The van der Waals surface area contributed by atoms with Crippen LogP contribution in [-0.4, -0.2) is 20.4 Å². The maximum absolute atomic E-state index is 13.2. The van der Waals surface area contributed by atoms with Gasteiger partial charge in [0.25, 0.3) is 0 Å². The molecule has 0 saturated heterocycles. The molecule has 0 unspecified atom stereocenters. The summed E-state index contributed by atoms with van der Waals surface area (Å²) >= 11 is 0. The van der Waals surface area contributed by atoms with Crippen LogP contribution in [0.4, 0.5) is 13.2 Å². The van der Waals surface area contributed by atoms with Crippen LogP contribution in [0.3, 0.4) is 0 Å². The number of hydrogen-bond acceptors (Lipinski definition) is 3. The number of rotatable bonds is 2. The third-order valence-corrected chi connectivity index (χ3v) is 2.75. The van der Waals surface area contributed by atoms with E-state index in [1.807, 2.05) is 0 Å². The van der Waals surface area contributed by atoms with E-state index in [2.05, 4.69) is 20.4 Å². The van der Waals surface area contributed by atoms with Crippen molar-refractivity contribution in [3.63, 3.8) is 0 Å². The van der Waals surface area contributed by atoms with Crippen LogP contribution in [0, 0.1) is 17.5 Å². The van der Waals surface area contributed by atoms with Crippen molar-refractivity contribution < 1.29 is 13.2 Å². The van der Waals surface area contributed by atoms with Gasteiger partial charge in [-0.2, -0.15) is 15.3 Å². The first kappa shape index (κ1) is 12.3. The number of hydrogen-bond donors (Lipinski definition) is 1. The lowest BCUT2D eigenvalue weighted by atomic mass is 10.1. The average Bonchev–Trinajstić information content (AvgIpc) is 2.95. The summed E-state index contributed by atoms with van der Waals surface area (Å²) in [6.45, 7) is 0. The van der Waals surface area contributed by atoms with Crippen molar-refractivity contribution in [1.29, 1.82) is 0 Å². The molecule has 3 aromatic rings. The topological polar surface area (TPSA) is 54.5 Å².